The zero-order chi connectivity index (χ0) is 8.69. The summed E-state index contributed by atoms with van der Waals surface area (Å²) in [7, 11) is 0. The first-order valence-electron chi connectivity index (χ1n) is 3.69. The number of hydrogen-bond donors (Lipinski definition) is 5. The third-order valence-electron chi connectivity index (χ3n) is 1.09. The lowest BCUT2D eigenvalue weighted by Crippen LogP contribution is -2.43. The van der Waals surface area contributed by atoms with Gasteiger partial charge in [0.15, 0.2) is 0 Å². The van der Waals surface area contributed by atoms with E-state index in [9.17, 15) is 0 Å². The van der Waals surface area contributed by atoms with Crippen molar-refractivity contribution in [2.45, 2.75) is 19.4 Å². The molecule has 0 amide bonds. The Hall–Kier alpha value is -0.200. The fraction of sp³-hybridized carbons (Fsp3) is 1.00. The molecule has 6 N–H and O–H groups in total. The summed E-state index contributed by atoms with van der Waals surface area (Å²) in [5, 5.41) is 23.2. The van der Waals surface area contributed by atoms with Gasteiger partial charge in [-0.05, 0) is 6.92 Å². The molecule has 0 radical (unpaired) electrons. The summed E-state index contributed by atoms with van der Waals surface area (Å²) in [5.41, 5.74) is 5.20. The summed E-state index contributed by atoms with van der Waals surface area (Å²) in [6.07, 6.45) is -1.41. The fourth-order valence-corrected chi connectivity index (χ4v) is 0.678. The molecule has 0 aromatic carbocycles. The van der Waals surface area contributed by atoms with E-state index in [1.54, 1.807) is 6.92 Å². The van der Waals surface area contributed by atoms with Crippen molar-refractivity contribution < 1.29 is 10.2 Å². The van der Waals surface area contributed by atoms with Gasteiger partial charge in [0, 0.05) is 19.6 Å². The van der Waals surface area contributed by atoms with Gasteiger partial charge < -0.3 is 21.3 Å². The summed E-state index contributed by atoms with van der Waals surface area (Å²) in [5.74, 6) is 0. The maximum absolute atomic E-state index is 9.07. The van der Waals surface area contributed by atoms with Crippen LogP contribution in [0.5, 0.6) is 0 Å². The number of hydrogen-bond acceptors (Lipinski definition) is 5. The second-order valence-electron chi connectivity index (χ2n) is 2.35. The van der Waals surface area contributed by atoms with Gasteiger partial charge in [0.05, 0.1) is 0 Å². The van der Waals surface area contributed by atoms with Crippen molar-refractivity contribution in [3.8, 4) is 0 Å². The third-order valence-corrected chi connectivity index (χ3v) is 1.09. The van der Waals surface area contributed by atoms with Crippen molar-refractivity contribution in [3.05, 3.63) is 0 Å². The Morgan fingerprint density at radius 1 is 1.45 bits per heavy atom. The lowest BCUT2D eigenvalue weighted by Gasteiger charge is -2.14. The molecule has 0 saturated heterocycles. The standard InChI is InChI=1S/C6H17N3O2/c1-5(10)9-6(11)4-8-3-2-7/h5-6,8-11H,2-4,7H2,1H3. The lowest BCUT2D eigenvalue weighted by atomic mass is 10.5. The van der Waals surface area contributed by atoms with E-state index in [1.807, 2.05) is 0 Å². The third kappa shape index (κ3) is 7.70. The Bertz CT molecular complexity index is 89.9. The van der Waals surface area contributed by atoms with Crippen LogP contribution >= 0.6 is 0 Å². The van der Waals surface area contributed by atoms with Gasteiger partial charge in [-0.2, -0.15) is 0 Å². The largest absolute Gasteiger partial charge is 0.379 e. The van der Waals surface area contributed by atoms with E-state index in [0.717, 1.165) is 0 Å². The quantitative estimate of drug-likeness (QED) is 0.226. The highest BCUT2D eigenvalue weighted by Gasteiger charge is 2.03. The monoisotopic (exact) mass is 163 g/mol. The molecule has 0 spiro atoms. The number of nitrogens with two attached hydrogens (primary N) is 1. The van der Waals surface area contributed by atoms with E-state index in [4.69, 9.17) is 15.9 Å². The van der Waals surface area contributed by atoms with Crippen LogP contribution in [0, 0.1) is 0 Å². The average Bonchev–Trinajstić information content (AvgIpc) is 1.86. The summed E-state index contributed by atoms with van der Waals surface area (Å²) < 4.78 is 0. The van der Waals surface area contributed by atoms with Gasteiger partial charge in [0.2, 0.25) is 0 Å². The molecule has 2 unspecified atom stereocenters. The molecule has 5 heteroatoms. The molecule has 0 saturated carbocycles. The van der Waals surface area contributed by atoms with Crippen molar-refractivity contribution in [1.82, 2.24) is 10.6 Å². The Balaban J connectivity index is 3.15. The first-order valence-corrected chi connectivity index (χ1v) is 3.69. The van der Waals surface area contributed by atoms with Crippen LogP contribution in [0.15, 0.2) is 0 Å². The predicted octanol–water partition coefficient (Wildman–Crippen LogP) is -2.22. The first kappa shape index (κ1) is 10.8. The highest BCUT2D eigenvalue weighted by atomic mass is 16.3. The van der Waals surface area contributed by atoms with Crippen LogP contribution in [0.3, 0.4) is 0 Å². The molecular formula is C6H17N3O2. The van der Waals surface area contributed by atoms with Gasteiger partial charge >= 0.3 is 0 Å². The van der Waals surface area contributed by atoms with Gasteiger partial charge in [0.1, 0.15) is 12.5 Å². The Morgan fingerprint density at radius 2 is 2.09 bits per heavy atom. The topological polar surface area (TPSA) is 90.5 Å². The second-order valence-corrected chi connectivity index (χ2v) is 2.35. The van der Waals surface area contributed by atoms with E-state index in [0.29, 0.717) is 19.6 Å². The smallest absolute Gasteiger partial charge is 0.119 e. The van der Waals surface area contributed by atoms with Crippen molar-refractivity contribution in [2.75, 3.05) is 19.6 Å². The zero-order valence-corrected chi connectivity index (χ0v) is 6.75. The van der Waals surface area contributed by atoms with Crippen LogP contribution in [-0.2, 0) is 0 Å². The van der Waals surface area contributed by atoms with Crippen LogP contribution in [0.2, 0.25) is 0 Å². The minimum Gasteiger partial charge on any atom is -0.379 e. The molecule has 0 aromatic heterocycles. The molecule has 5 nitrogen and oxygen atoms in total. The summed E-state index contributed by atoms with van der Waals surface area (Å²) in [6.45, 7) is 3.15. The molecule has 0 rings (SSSR count). The molecule has 0 aliphatic carbocycles. The second kappa shape index (κ2) is 6.51. The highest BCUT2D eigenvalue weighted by Crippen LogP contribution is 1.77. The molecule has 2 atom stereocenters. The van der Waals surface area contributed by atoms with E-state index < -0.39 is 12.5 Å². The van der Waals surface area contributed by atoms with Gasteiger partial charge in [-0.15, -0.1) is 0 Å². The molecule has 0 aliphatic rings. The van der Waals surface area contributed by atoms with Crippen molar-refractivity contribution in [3.63, 3.8) is 0 Å². The molecule has 11 heavy (non-hydrogen) atoms. The molecule has 0 heterocycles. The lowest BCUT2D eigenvalue weighted by molar-refractivity contribution is 0.0527. The van der Waals surface area contributed by atoms with E-state index in [2.05, 4.69) is 10.6 Å². The zero-order valence-electron chi connectivity index (χ0n) is 6.75. The highest BCUT2D eigenvalue weighted by molar-refractivity contribution is 4.57. The van der Waals surface area contributed by atoms with Crippen LogP contribution in [0.1, 0.15) is 6.92 Å². The maximum atomic E-state index is 9.07. The van der Waals surface area contributed by atoms with Crippen LogP contribution in [0.4, 0.5) is 0 Å². The average molecular weight is 163 g/mol. The van der Waals surface area contributed by atoms with E-state index in [-0.39, 0.29) is 0 Å². The Morgan fingerprint density at radius 3 is 2.55 bits per heavy atom. The molecule has 0 aliphatic heterocycles. The number of aliphatic hydroxyl groups is 2. The summed E-state index contributed by atoms with van der Waals surface area (Å²) in [6, 6.07) is 0. The van der Waals surface area contributed by atoms with Gasteiger partial charge in [-0.3, -0.25) is 5.32 Å². The first-order chi connectivity index (χ1) is 5.16. The van der Waals surface area contributed by atoms with Crippen LogP contribution < -0.4 is 16.4 Å². The fourth-order valence-electron chi connectivity index (χ4n) is 0.678. The van der Waals surface area contributed by atoms with E-state index in [1.165, 1.54) is 0 Å². The summed E-state index contributed by atoms with van der Waals surface area (Å²) in [4.78, 5) is 0. The van der Waals surface area contributed by atoms with Crippen LogP contribution in [0.25, 0.3) is 0 Å². The summed E-state index contributed by atoms with van der Waals surface area (Å²) >= 11 is 0. The molecule has 68 valence electrons. The number of nitrogens with one attached hydrogen (secondary N) is 2. The van der Waals surface area contributed by atoms with Crippen LogP contribution in [-0.4, -0.2) is 42.3 Å². The molecule has 0 aromatic rings. The number of aliphatic hydroxyl groups excluding tert-OH is 2. The molecule has 0 bridgehead atoms. The van der Waals surface area contributed by atoms with Gasteiger partial charge in [-0.1, -0.05) is 0 Å². The van der Waals surface area contributed by atoms with E-state index >= 15 is 0 Å². The maximum Gasteiger partial charge on any atom is 0.119 e. The minimum atomic E-state index is -0.721. The Labute approximate surface area is 66.6 Å². The number of rotatable bonds is 6. The normalized spacial score (nSPS) is 16.4. The van der Waals surface area contributed by atoms with Gasteiger partial charge in [-0.25, -0.2) is 0 Å². The minimum absolute atomic E-state index is 0.391. The molecular weight excluding hydrogens is 146 g/mol. The SMILES string of the molecule is CC(O)NC(O)CNCCN. The predicted molar refractivity (Wildman–Crippen MR) is 42.7 cm³/mol. The van der Waals surface area contributed by atoms with Crippen molar-refractivity contribution in [2.24, 2.45) is 5.73 Å². The van der Waals surface area contributed by atoms with Crippen molar-refractivity contribution in [1.29, 1.82) is 0 Å². The van der Waals surface area contributed by atoms with Gasteiger partial charge in [0.25, 0.3) is 0 Å². The Kier molecular flexibility index (Phi) is 6.39. The van der Waals surface area contributed by atoms with Crippen molar-refractivity contribution >= 4 is 0 Å². The molecule has 0 fully saturated rings.